The number of anilines is 2. The average molecular weight is 312 g/mol. The number of hydrogen-bond acceptors (Lipinski definition) is 4. The highest BCUT2D eigenvalue weighted by Crippen LogP contribution is 2.25. The molecule has 5 nitrogen and oxygen atoms in total. The Bertz CT molecular complexity index is 510. The number of amides is 1. The predicted molar refractivity (Wildman–Crippen MR) is 85.4 cm³/mol. The number of nitrogens with zero attached hydrogens (tertiary/aromatic N) is 1. The molecule has 1 aromatic rings. The van der Waals surface area contributed by atoms with E-state index in [9.17, 15) is 9.90 Å². The zero-order valence-corrected chi connectivity index (χ0v) is 12.9. The molecule has 1 amide bonds. The smallest absolute Gasteiger partial charge is 0.241 e. The molecule has 21 heavy (non-hydrogen) atoms. The topological polar surface area (TPSA) is 78.6 Å². The summed E-state index contributed by atoms with van der Waals surface area (Å²) in [5.74, 6) is -0.123. The molecule has 0 radical (unpaired) electrons. The molecule has 6 heteroatoms. The van der Waals surface area contributed by atoms with Crippen molar-refractivity contribution in [1.82, 2.24) is 4.90 Å². The lowest BCUT2D eigenvalue weighted by Gasteiger charge is -2.38. The summed E-state index contributed by atoms with van der Waals surface area (Å²) in [4.78, 5) is 14.4. The second-order valence-electron chi connectivity index (χ2n) is 5.47. The monoisotopic (exact) mass is 311 g/mol. The lowest BCUT2D eigenvalue weighted by molar-refractivity contribution is -0.122. The third-order valence-corrected chi connectivity index (χ3v) is 4.32. The first-order chi connectivity index (χ1) is 10.0. The Hall–Kier alpha value is -1.30. The van der Waals surface area contributed by atoms with Gasteiger partial charge in [0.2, 0.25) is 5.91 Å². The van der Waals surface area contributed by atoms with E-state index in [4.69, 9.17) is 17.3 Å². The van der Waals surface area contributed by atoms with Crippen molar-refractivity contribution < 1.29 is 9.90 Å². The van der Waals surface area contributed by atoms with Crippen molar-refractivity contribution in [3.05, 3.63) is 23.2 Å². The van der Waals surface area contributed by atoms with Crippen LogP contribution in [0.5, 0.6) is 0 Å². The van der Waals surface area contributed by atoms with E-state index in [1.807, 2.05) is 6.92 Å². The molecule has 2 rings (SSSR count). The van der Waals surface area contributed by atoms with Crippen molar-refractivity contribution in [2.45, 2.75) is 38.3 Å². The molecule has 0 spiro atoms. The minimum atomic E-state index is -0.309. The summed E-state index contributed by atoms with van der Waals surface area (Å²) in [5, 5.41) is 12.7. The molecule has 0 saturated carbocycles. The predicted octanol–water partition coefficient (Wildman–Crippen LogP) is 2.10. The summed E-state index contributed by atoms with van der Waals surface area (Å²) in [5.41, 5.74) is 6.75. The van der Waals surface area contributed by atoms with Crippen molar-refractivity contribution in [2.24, 2.45) is 0 Å². The number of rotatable bonds is 4. The van der Waals surface area contributed by atoms with Crippen LogP contribution in [0.1, 0.15) is 26.2 Å². The maximum absolute atomic E-state index is 12.4. The first-order valence-electron chi connectivity index (χ1n) is 7.25. The van der Waals surface area contributed by atoms with Crippen LogP contribution in [0.3, 0.4) is 0 Å². The number of likely N-dealkylation sites (tertiary alicyclic amines) is 1. The van der Waals surface area contributed by atoms with E-state index >= 15 is 0 Å². The second kappa shape index (κ2) is 7.11. The van der Waals surface area contributed by atoms with Gasteiger partial charge in [0.15, 0.2) is 0 Å². The highest BCUT2D eigenvalue weighted by molar-refractivity contribution is 6.34. The molecule has 0 aromatic heterocycles. The van der Waals surface area contributed by atoms with Gasteiger partial charge in [0.05, 0.1) is 23.4 Å². The Kier molecular flexibility index (Phi) is 5.45. The largest absolute Gasteiger partial charge is 0.399 e. The molecule has 0 bridgehead atoms. The van der Waals surface area contributed by atoms with E-state index in [0.29, 0.717) is 16.4 Å². The summed E-state index contributed by atoms with van der Waals surface area (Å²) in [6, 6.07) is 4.75. The number of nitrogens with one attached hydrogen (secondary N) is 1. The van der Waals surface area contributed by atoms with Gasteiger partial charge in [-0.15, -0.1) is 0 Å². The van der Waals surface area contributed by atoms with Crippen LogP contribution in [-0.4, -0.2) is 41.1 Å². The van der Waals surface area contributed by atoms with Gasteiger partial charge in [-0.3, -0.25) is 9.69 Å². The van der Waals surface area contributed by atoms with E-state index in [0.717, 1.165) is 25.8 Å². The Balaban J connectivity index is 2.04. The molecule has 1 saturated heterocycles. The zero-order chi connectivity index (χ0) is 15.4. The standard InChI is InChI=1S/C15H22ClN3O2/c1-10(19-7-3-2-4-12(19)9-20)15(21)18-14-6-5-11(17)8-13(14)16/h5-6,8,10,12,20H,2-4,7,9,17H2,1H3,(H,18,21). The van der Waals surface area contributed by atoms with E-state index in [1.165, 1.54) is 0 Å². The molecule has 2 atom stereocenters. The summed E-state index contributed by atoms with van der Waals surface area (Å²) in [7, 11) is 0. The normalized spacial score (nSPS) is 21.0. The number of aliphatic hydroxyl groups excluding tert-OH is 1. The van der Waals surface area contributed by atoms with Gasteiger partial charge < -0.3 is 16.2 Å². The summed E-state index contributed by atoms with van der Waals surface area (Å²) in [6.07, 6.45) is 3.08. The number of nitrogens with two attached hydrogens (primary N) is 1. The van der Waals surface area contributed by atoms with Crippen LogP contribution >= 0.6 is 11.6 Å². The van der Waals surface area contributed by atoms with Crippen LogP contribution in [0.4, 0.5) is 11.4 Å². The van der Waals surface area contributed by atoms with Crippen LogP contribution in [0, 0.1) is 0 Å². The number of piperidine rings is 1. The van der Waals surface area contributed by atoms with Gasteiger partial charge in [-0.1, -0.05) is 18.0 Å². The van der Waals surface area contributed by atoms with Gasteiger partial charge in [-0.25, -0.2) is 0 Å². The lowest BCUT2D eigenvalue weighted by atomic mass is 10.0. The highest BCUT2D eigenvalue weighted by Gasteiger charge is 2.30. The Morgan fingerprint density at radius 2 is 2.33 bits per heavy atom. The van der Waals surface area contributed by atoms with Gasteiger partial charge >= 0.3 is 0 Å². The lowest BCUT2D eigenvalue weighted by Crippen LogP contribution is -2.51. The molecule has 1 aliphatic rings. The average Bonchev–Trinajstić information content (AvgIpc) is 2.49. The zero-order valence-electron chi connectivity index (χ0n) is 12.2. The molecule has 0 aliphatic carbocycles. The fraction of sp³-hybridized carbons (Fsp3) is 0.533. The molecular formula is C15H22ClN3O2. The third kappa shape index (κ3) is 3.87. The van der Waals surface area contributed by atoms with Crippen molar-refractivity contribution in [3.63, 3.8) is 0 Å². The van der Waals surface area contributed by atoms with Gasteiger partial charge in [0, 0.05) is 11.7 Å². The van der Waals surface area contributed by atoms with Crippen LogP contribution in [0.15, 0.2) is 18.2 Å². The first kappa shape index (κ1) is 16.1. The van der Waals surface area contributed by atoms with Crippen molar-refractivity contribution in [1.29, 1.82) is 0 Å². The van der Waals surface area contributed by atoms with E-state index in [-0.39, 0.29) is 24.6 Å². The molecule has 1 heterocycles. The number of benzene rings is 1. The van der Waals surface area contributed by atoms with Crippen molar-refractivity contribution in [2.75, 3.05) is 24.2 Å². The maximum Gasteiger partial charge on any atom is 0.241 e. The quantitative estimate of drug-likeness (QED) is 0.744. The summed E-state index contributed by atoms with van der Waals surface area (Å²) in [6.45, 7) is 2.77. The number of carbonyl (C=O) groups is 1. The molecule has 2 unspecified atom stereocenters. The SMILES string of the molecule is CC(C(=O)Nc1ccc(N)cc1Cl)N1CCCCC1CO. The molecular weight excluding hydrogens is 290 g/mol. The Morgan fingerprint density at radius 1 is 1.57 bits per heavy atom. The minimum Gasteiger partial charge on any atom is -0.399 e. The summed E-state index contributed by atoms with van der Waals surface area (Å²) >= 11 is 6.07. The molecule has 1 fully saturated rings. The number of halogens is 1. The fourth-order valence-electron chi connectivity index (χ4n) is 2.75. The molecule has 1 aliphatic heterocycles. The molecule has 1 aromatic carbocycles. The fourth-order valence-corrected chi connectivity index (χ4v) is 2.99. The maximum atomic E-state index is 12.4. The van der Waals surface area contributed by atoms with Crippen LogP contribution < -0.4 is 11.1 Å². The first-order valence-corrected chi connectivity index (χ1v) is 7.63. The van der Waals surface area contributed by atoms with Crippen LogP contribution in [0.2, 0.25) is 5.02 Å². The summed E-state index contributed by atoms with van der Waals surface area (Å²) < 4.78 is 0. The van der Waals surface area contributed by atoms with Crippen LogP contribution in [0.25, 0.3) is 0 Å². The highest BCUT2D eigenvalue weighted by atomic mass is 35.5. The van der Waals surface area contributed by atoms with Crippen molar-refractivity contribution >= 4 is 28.9 Å². The number of nitrogen functional groups attached to an aromatic ring is 1. The van der Waals surface area contributed by atoms with Crippen LogP contribution in [-0.2, 0) is 4.79 Å². The minimum absolute atomic E-state index is 0.0568. The van der Waals surface area contributed by atoms with Gasteiger partial charge in [0.25, 0.3) is 0 Å². The van der Waals surface area contributed by atoms with Gasteiger partial charge in [-0.05, 0) is 44.5 Å². The van der Waals surface area contributed by atoms with Crippen molar-refractivity contribution in [3.8, 4) is 0 Å². The second-order valence-corrected chi connectivity index (χ2v) is 5.88. The van der Waals surface area contributed by atoms with E-state index in [1.54, 1.807) is 18.2 Å². The third-order valence-electron chi connectivity index (χ3n) is 4.01. The molecule has 4 N–H and O–H groups in total. The number of aliphatic hydroxyl groups is 1. The number of carbonyl (C=O) groups excluding carboxylic acids is 1. The van der Waals surface area contributed by atoms with E-state index in [2.05, 4.69) is 10.2 Å². The van der Waals surface area contributed by atoms with Gasteiger partial charge in [0.1, 0.15) is 0 Å². The van der Waals surface area contributed by atoms with Gasteiger partial charge in [-0.2, -0.15) is 0 Å². The Labute approximate surface area is 130 Å². The number of hydrogen-bond donors (Lipinski definition) is 3. The molecule has 116 valence electrons. The van der Waals surface area contributed by atoms with E-state index < -0.39 is 0 Å². The Morgan fingerprint density at radius 3 is 3.00 bits per heavy atom.